The summed E-state index contributed by atoms with van der Waals surface area (Å²) < 4.78 is 18.9. The number of amides is 1. The number of hydrogen-bond donors (Lipinski definition) is 1. The molecular weight excluding hydrogens is 283 g/mol. The number of halogens is 2. The Kier molecular flexibility index (Phi) is 4.53. The van der Waals surface area contributed by atoms with Crippen LogP contribution >= 0.6 is 11.6 Å². The summed E-state index contributed by atoms with van der Waals surface area (Å²) in [6.45, 7) is 1.57. The second-order valence-electron chi connectivity index (χ2n) is 4.05. The summed E-state index contributed by atoms with van der Waals surface area (Å²) in [5.74, 6) is -0.817. The number of carbonyl (C=O) groups excluding carboxylic acids is 1. The molecule has 1 N–H and O–H groups in total. The number of para-hydroxylation sites is 1. The maximum atomic E-state index is 13.5. The monoisotopic (exact) mass is 294 g/mol. The Labute approximate surface area is 120 Å². The molecule has 104 valence electrons. The minimum absolute atomic E-state index is 0.161. The summed E-state index contributed by atoms with van der Waals surface area (Å²) in [6, 6.07) is 9.95. The van der Waals surface area contributed by atoms with Crippen LogP contribution < -0.4 is 10.1 Å². The lowest BCUT2D eigenvalue weighted by Crippen LogP contribution is -2.30. The summed E-state index contributed by atoms with van der Waals surface area (Å²) >= 11 is 5.58. The number of anilines is 1. The molecule has 1 aromatic heterocycles. The molecule has 4 nitrogen and oxygen atoms in total. The number of aromatic nitrogens is 1. The second kappa shape index (κ2) is 6.34. The van der Waals surface area contributed by atoms with Gasteiger partial charge in [0.05, 0.1) is 5.02 Å². The summed E-state index contributed by atoms with van der Waals surface area (Å²) in [7, 11) is 0. The first kappa shape index (κ1) is 14.3. The van der Waals surface area contributed by atoms with Gasteiger partial charge in [-0.15, -0.1) is 0 Å². The van der Waals surface area contributed by atoms with Gasteiger partial charge in [-0.1, -0.05) is 29.8 Å². The van der Waals surface area contributed by atoms with Crippen LogP contribution in [0.15, 0.2) is 42.6 Å². The molecule has 1 unspecified atom stereocenters. The molecule has 0 bridgehead atoms. The zero-order valence-electron chi connectivity index (χ0n) is 10.6. The van der Waals surface area contributed by atoms with Crippen LogP contribution in [0.25, 0.3) is 0 Å². The molecule has 0 saturated heterocycles. The van der Waals surface area contributed by atoms with Crippen LogP contribution in [0.3, 0.4) is 0 Å². The van der Waals surface area contributed by atoms with Gasteiger partial charge in [-0.25, -0.2) is 9.37 Å². The molecule has 1 heterocycles. The van der Waals surface area contributed by atoms with Crippen LogP contribution in [-0.2, 0) is 4.79 Å². The lowest BCUT2D eigenvalue weighted by atomic mass is 10.3. The Morgan fingerprint density at radius 2 is 2.10 bits per heavy atom. The fourth-order valence-electron chi connectivity index (χ4n) is 1.48. The smallest absolute Gasteiger partial charge is 0.266 e. The lowest BCUT2D eigenvalue weighted by molar-refractivity contribution is -0.122. The molecular formula is C14H12ClFN2O2. The summed E-state index contributed by atoms with van der Waals surface area (Å²) in [6.07, 6.45) is 0.470. The number of benzene rings is 1. The van der Waals surface area contributed by atoms with E-state index in [1.165, 1.54) is 6.20 Å². The van der Waals surface area contributed by atoms with Gasteiger partial charge in [0.15, 0.2) is 17.7 Å². The van der Waals surface area contributed by atoms with E-state index in [1.807, 2.05) is 6.07 Å². The predicted molar refractivity (Wildman–Crippen MR) is 74.4 cm³/mol. The van der Waals surface area contributed by atoms with E-state index in [1.54, 1.807) is 31.2 Å². The largest absolute Gasteiger partial charge is 0.481 e. The van der Waals surface area contributed by atoms with E-state index in [4.69, 9.17) is 16.3 Å². The average molecular weight is 295 g/mol. The molecule has 0 aliphatic carbocycles. The molecule has 0 aliphatic heterocycles. The summed E-state index contributed by atoms with van der Waals surface area (Å²) in [4.78, 5) is 15.6. The number of pyridine rings is 1. The number of rotatable bonds is 4. The van der Waals surface area contributed by atoms with E-state index < -0.39 is 17.8 Å². The van der Waals surface area contributed by atoms with Gasteiger partial charge in [0.1, 0.15) is 5.75 Å². The molecule has 0 fully saturated rings. The summed E-state index contributed by atoms with van der Waals surface area (Å²) in [5, 5.41) is 2.51. The van der Waals surface area contributed by atoms with Crippen LogP contribution in [0.2, 0.25) is 5.02 Å². The van der Waals surface area contributed by atoms with Crippen molar-refractivity contribution < 1.29 is 13.9 Å². The number of ether oxygens (including phenoxy) is 1. The van der Waals surface area contributed by atoms with E-state index in [2.05, 4.69) is 10.3 Å². The third-order valence-corrected chi connectivity index (χ3v) is 2.68. The van der Waals surface area contributed by atoms with Gasteiger partial charge in [0.25, 0.3) is 5.91 Å². The van der Waals surface area contributed by atoms with Gasteiger partial charge in [-0.2, -0.15) is 0 Å². The summed E-state index contributed by atoms with van der Waals surface area (Å²) in [5.41, 5.74) is 0. The minimum Gasteiger partial charge on any atom is -0.481 e. The van der Waals surface area contributed by atoms with Gasteiger partial charge in [0, 0.05) is 6.20 Å². The van der Waals surface area contributed by atoms with Crippen LogP contribution in [0.5, 0.6) is 5.75 Å². The minimum atomic E-state index is -0.783. The Hall–Kier alpha value is -2.14. The highest BCUT2D eigenvalue weighted by atomic mass is 35.5. The molecule has 6 heteroatoms. The Morgan fingerprint density at radius 3 is 2.75 bits per heavy atom. The van der Waals surface area contributed by atoms with Crippen LogP contribution in [-0.4, -0.2) is 17.0 Å². The molecule has 0 spiro atoms. The molecule has 20 heavy (non-hydrogen) atoms. The molecule has 1 atom stereocenters. The first-order valence-corrected chi connectivity index (χ1v) is 6.27. The van der Waals surface area contributed by atoms with Gasteiger partial charge in [-0.3, -0.25) is 4.79 Å². The normalized spacial score (nSPS) is 11.8. The molecule has 0 aliphatic rings. The first-order chi connectivity index (χ1) is 9.56. The van der Waals surface area contributed by atoms with Gasteiger partial charge in [0.2, 0.25) is 0 Å². The third-order valence-electron chi connectivity index (χ3n) is 2.47. The fraction of sp³-hybridized carbons (Fsp3) is 0.143. The fourth-order valence-corrected chi connectivity index (χ4v) is 1.63. The van der Waals surface area contributed by atoms with Crippen molar-refractivity contribution in [1.82, 2.24) is 4.98 Å². The van der Waals surface area contributed by atoms with E-state index in [0.717, 1.165) is 6.07 Å². The van der Waals surface area contributed by atoms with Crippen molar-refractivity contribution in [1.29, 1.82) is 0 Å². The predicted octanol–water partition coefficient (Wildman–Crippen LogP) is 3.28. The Balaban J connectivity index is 2.01. The second-order valence-corrected chi connectivity index (χ2v) is 4.48. The molecule has 2 rings (SSSR count). The SMILES string of the molecule is CC(Oc1ccccc1)C(=O)Nc1ncc(Cl)cc1F. The molecule has 0 saturated carbocycles. The van der Waals surface area contributed by atoms with Crippen molar-refractivity contribution in [3.8, 4) is 5.75 Å². The zero-order chi connectivity index (χ0) is 14.5. The van der Waals surface area contributed by atoms with E-state index in [0.29, 0.717) is 5.75 Å². The topological polar surface area (TPSA) is 51.2 Å². The van der Waals surface area contributed by atoms with Crippen LogP contribution in [0.4, 0.5) is 10.2 Å². The van der Waals surface area contributed by atoms with Crippen molar-refractivity contribution in [3.63, 3.8) is 0 Å². The Morgan fingerprint density at radius 1 is 1.40 bits per heavy atom. The number of carbonyl (C=O) groups is 1. The average Bonchev–Trinajstić information content (AvgIpc) is 2.43. The number of nitrogens with zero attached hydrogens (tertiary/aromatic N) is 1. The quantitative estimate of drug-likeness (QED) is 0.941. The van der Waals surface area contributed by atoms with Crippen molar-refractivity contribution >= 4 is 23.3 Å². The van der Waals surface area contributed by atoms with E-state index >= 15 is 0 Å². The van der Waals surface area contributed by atoms with Crippen molar-refractivity contribution in [3.05, 3.63) is 53.4 Å². The third kappa shape index (κ3) is 3.68. The first-order valence-electron chi connectivity index (χ1n) is 5.90. The molecule has 2 aromatic rings. The van der Waals surface area contributed by atoms with Gasteiger partial charge < -0.3 is 10.1 Å². The van der Waals surface area contributed by atoms with E-state index in [9.17, 15) is 9.18 Å². The van der Waals surface area contributed by atoms with Crippen molar-refractivity contribution in [2.45, 2.75) is 13.0 Å². The Bertz CT molecular complexity index is 607. The maximum absolute atomic E-state index is 13.5. The lowest BCUT2D eigenvalue weighted by Gasteiger charge is -2.14. The molecule has 1 aromatic carbocycles. The van der Waals surface area contributed by atoms with Crippen LogP contribution in [0.1, 0.15) is 6.92 Å². The van der Waals surface area contributed by atoms with Crippen molar-refractivity contribution in [2.75, 3.05) is 5.32 Å². The number of hydrogen-bond acceptors (Lipinski definition) is 3. The van der Waals surface area contributed by atoms with E-state index in [-0.39, 0.29) is 10.8 Å². The van der Waals surface area contributed by atoms with Crippen molar-refractivity contribution in [2.24, 2.45) is 0 Å². The standard InChI is InChI=1S/C14H12ClFN2O2/c1-9(20-11-5-3-2-4-6-11)14(19)18-13-12(16)7-10(15)8-17-13/h2-9H,1H3,(H,17,18,19). The number of nitrogens with one attached hydrogen (secondary N) is 1. The van der Waals surface area contributed by atoms with Crippen LogP contribution in [0, 0.1) is 5.82 Å². The maximum Gasteiger partial charge on any atom is 0.266 e. The van der Waals surface area contributed by atoms with Gasteiger partial charge >= 0.3 is 0 Å². The molecule has 1 amide bonds. The zero-order valence-corrected chi connectivity index (χ0v) is 11.4. The van der Waals surface area contributed by atoms with Gasteiger partial charge in [-0.05, 0) is 25.1 Å². The highest BCUT2D eigenvalue weighted by molar-refractivity contribution is 6.30. The highest BCUT2D eigenvalue weighted by Gasteiger charge is 2.17. The highest BCUT2D eigenvalue weighted by Crippen LogP contribution is 2.16. The molecule has 0 radical (unpaired) electrons.